The average Bonchev–Trinajstić information content (AvgIpc) is 2.96. The zero-order valence-electron chi connectivity index (χ0n) is 9.22. The van der Waals surface area contributed by atoms with Crippen LogP contribution in [0.25, 0.3) is 0 Å². The molecule has 2 aromatic heterocycles. The third-order valence-electron chi connectivity index (χ3n) is 2.44. The SMILES string of the molecule is CCC(NCCc1ncon1)c1ccco1. The van der Waals surface area contributed by atoms with Crippen LogP contribution in [0.1, 0.15) is 31.0 Å². The number of hydrogen-bond acceptors (Lipinski definition) is 5. The first-order chi connectivity index (χ1) is 7.90. The van der Waals surface area contributed by atoms with Gasteiger partial charge in [0.1, 0.15) is 5.76 Å². The molecule has 1 unspecified atom stereocenters. The number of hydrogen-bond donors (Lipinski definition) is 1. The van der Waals surface area contributed by atoms with E-state index in [1.165, 1.54) is 6.39 Å². The van der Waals surface area contributed by atoms with Gasteiger partial charge >= 0.3 is 0 Å². The normalized spacial score (nSPS) is 12.8. The molecule has 5 nitrogen and oxygen atoms in total. The third kappa shape index (κ3) is 2.70. The summed E-state index contributed by atoms with van der Waals surface area (Å²) < 4.78 is 10.0. The van der Waals surface area contributed by atoms with Gasteiger partial charge in [-0.1, -0.05) is 12.1 Å². The van der Waals surface area contributed by atoms with E-state index >= 15 is 0 Å². The molecule has 0 radical (unpaired) electrons. The van der Waals surface area contributed by atoms with E-state index in [-0.39, 0.29) is 6.04 Å². The number of nitrogens with one attached hydrogen (secondary N) is 1. The summed E-state index contributed by atoms with van der Waals surface area (Å²) in [5, 5.41) is 7.15. The van der Waals surface area contributed by atoms with E-state index in [1.807, 2.05) is 12.1 Å². The molecule has 2 heterocycles. The highest BCUT2D eigenvalue weighted by molar-refractivity contribution is 5.04. The molecule has 5 heteroatoms. The molecule has 0 saturated carbocycles. The van der Waals surface area contributed by atoms with Crippen molar-refractivity contribution in [1.29, 1.82) is 0 Å². The molecule has 86 valence electrons. The van der Waals surface area contributed by atoms with Gasteiger partial charge < -0.3 is 14.3 Å². The maximum atomic E-state index is 5.36. The molecule has 1 N–H and O–H groups in total. The molecule has 2 rings (SSSR count). The quantitative estimate of drug-likeness (QED) is 0.807. The van der Waals surface area contributed by atoms with Crippen LogP contribution in [-0.2, 0) is 6.42 Å². The minimum atomic E-state index is 0.252. The molecule has 1 atom stereocenters. The maximum Gasteiger partial charge on any atom is 0.213 e. The van der Waals surface area contributed by atoms with Crippen LogP contribution in [-0.4, -0.2) is 16.7 Å². The molecule has 0 aliphatic carbocycles. The van der Waals surface area contributed by atoms with Crippen LogP contribution in [0.15, 0.2) is 33.7 Å². The van der Waals surface area contributed by atoms with Crippen molar-refractivity contribution in [2.75, 3.05) is 6.54 Å². The second kappa shape index (κ2) is 5.46. The Morgan fingerprint density at radius 1 is 1.50 bits per heavy atom. The summed E-state index contributed by atoms with van der Waals surface area (Å²) in [6, 6.07) is 4.14. The fourth-order valence-electron chi connectivity index (χ4n) is 1.60. The molecule has 0 aromatic carbocycles. The molecule has 0 aliphatic rings. The van der Waals surface area contributed by atoms with E-state index < -0.39 is 0 Å². The third-order valence-corrected chi connectivity index (χ3v) is 2.44. The van der Waals surface area contributed by atoms with Gasteiger partial charge in [0.05, 0.1) is 12.3 Å². The second-order valence-electron chi connectivity index (χ2n) is 3.53. The molecule has 0 bridgehead atoms. The number of aromatic nitrogens is 2. The number of nitrogens with zero attached hydrogens (tertiary/aromatic N) is 2. The van der Waals surface area contributed by atoms with Crippen molar-refractivity contribution in [3.05, 3.63) is 36.4 Å². The Hall–Kier alpha value is -1.62. The van der Waals surface area contributed by atoms with Crippen LogP contribution in [0, 0.1) is 0 Å². The van der Waals surface area contributed by atoms with Crippen LogP contribution in [0.2, 0.25) is 0 Å². The van der Waals surface area contributed by atoms with Gasteiger partial charge in [-0.05, 0) is 18.6 Å². The summed E-state index contributed by atoms with van der Waals surface area (Å²) in [4.78, 5) is 3.96. The van der Waals surface area contributed by atoms with Crippen LogP contribution >= 0.6 is 0 Å². The smallest absolute Gasteiger partial charge is 0.213 e. The fourth-order valence-corrected chi connectivity index (χ4v) is 1.60. The van der Waals surface area contributed by atoms with E-state index in [9.17, 15) is 0 Å². The van der Waals surface area contributed by atoms with E-state index in [1.54, 1.807) is 6.26 Å². The molecular weight excluding hydrogens is 206 g/mol. The van der Waals surface area contributed by atoms with E-state index in [2.05, 4.69) is 26.9 Å². The van der Waals surface area contributed by atoms with Crippen molar-refractivity contribution in [1.82, 2.24) is 15.5 Å². The first-order valence-electron chi connectivity index (χ1n) is 5.42. The minimum Gasteiger partial charge on any atom is -0.468 e. The summed E-state index contributed by atoms with van der Waals surface area (Å²) in [5.74, 6) is 1.69. The number of furan rings is 1. The van der Waals surface area contributed by atoms with Crippen molar-refractivity contribution in [3.63, 3.8) is 0 Å². The summed E-state index contributed by atoms with van der Waals surface area (Å²) in [6.45, 7) is 2.92. The summed E-state index contributed by atoms with van der Waals surface area (Å²) in [6.07, 6.45) is 4.78. The van der Waals surface area contributed by atoms with E-state index in [4.69, 9.17) is 4.42 Å². The monoisotopic (exact) mass is 221 g/mol. The first kappa shape index (κ1) is 10.9. The molecular formula is C11H15N3O2. The first-order valence-corrected chi connectivity index (χ1v) is 5.42. The van der Waals surface area contributed by atoms with Gasteiger partial charge in [0.15, 0.2) is 5.82 Å². The van der Waals surface area contributed by atoms with Gasteiger partial charge in [0, 0.05) is 13.0 Å². The highest BCUT2D eigenvalue weighted by Gasteiger charge is 2.11. The lowest BCUT2D eigenvalue weighted by molar-refractivity contribution is 0.396. The Labute approximate surface area is 93.8 Å². The maximum absolute atomic E-state index is 5.36. The Balaban J connectivity index is 1.80. The minimum absolute atomic E-state index is 0.252. The van der Waals surface area contributed by atoms with E-state index in [0.717, 1.165) is 31.0 Å². The van der Waals surface area contributed by atoms with Crippen LogP contribution < -0.4 is 5.32 Å². The van der Waals surface area contributed by atoms with Crippen molar-refractivity contribution >= 4 is 0 Å². The van der Waals surface area contributed by atoms with Gasteiger partial charge in [0.2, 0.25) is 6.39 Å². The zero-order valence-corrected chi connectivity index (χ0v) is 9.22. The Morgan fingerprint density at radius 3 is 3.06 bits per heavy atom. The van der Waals surface area contributed by atoms with Gasteiger partial charge in [-0.15, -0.1) is 0 Å². The van der Waals surface area contributed by atoms with Gasteiger partial charge in [0.25, 0.3) is 0 Å². The molecule has 0 fully saturated rings. The van der Waals surface area contributed by atoms with Crippen LogP contribution in [0.5, 0.6) is 0 Å². The van der Waals surface area contributed by atoms with Crippen molar-refractivity contribution in [2.45, 2.75) is 25.8 Å². The highest BCUT2D eigenvalue weighted by Crippen LogP contribution is 2.16. The largest absolute Gasteiger partial charge is 0.468 e. The lowest BCUT2D eigenvalue weighted by Crippen LogP contribution is -2.23. The van der Waals surface area contributed by atoms with Crippen LogP contribution in [0.3, 0.4) is 0 Å². The zero-order chi connectivity index (χ0) is 11.2. The summed E-state index contributed by atoms with van der Waals surface area (Å²) >= 11 is 0. The van der Waals surface area contributed by atoms with Crippen molar-refractivity contribution in [2.24, 2.45) is 0 Å². The predicted octanol–water partition coefficient (Wildman–Crippen LogP) is 1.95. The van der Waals surface area contributed by atoms with Crippen molar-refractivity contribution in [3.8, 4) is 0 Å². The Morgan fingerprint density at radius 2 is 2.44 bits per heavy atom. The molecule has 0 spiro atoms. The lowest BCUT2D eigenvalue weighted by atomic mass is 10.1. The molecule has 2 aromatic rings. The lowest BCUT2D eigenvalue weighted by Gasteiger charge is -2.13. The molecule has 0 saturated heterocycles. The fraction of sp³-hybridized carbons (Fsp3) is 0.455. The van der Waals surface area contributed by atoms with Gasteiger partial charge in [-0.3, -0.25) is 0 Å². The second-order valence-corrected chi connectivity index (χ2v) is 3.53. The Bertz CT molecular complexity index is 383. The summed E-state index contributed by atoms with van der Waals surface area (Å²) in [7, 11) is 0. The molecule has 0 aliphatic heterocycles. The molecule has 0 amide bonds. The van der Waals surface area contributed by atoms with Crippen LogP contribution in [0.4, 0.5) is 0 Å². The topological polar surface area (TPSA) is 64.1 Å². The van der Waals surface area contributed by atoms with Crippen molar-refractivity contribution < 1.29 is 8.94 Å². The Kier molecular flexibility index (Phi) is 3.71. The standard InChI is InChI=1S/C11H15N3O2/c1-2-9(10-4-3-7-15-10)12-6-5-11-13-8-16-14-11/h3-4,7-9,12H,2,5-6H2,1H3. The number of rotatable bonds is 6. The predicted molar refractivity (Wildman–Crippen MR) is 57.7 cm³/mol. The molecule has 16 heavy (non-hydrogen) atoms. The van der Waals surface area contributed by atoms with Gasteiger partial charge in [-0.2, -0.15) is 4.98 Å². The average molecular weight is 221 g/mol. The van der Waals surface area contributed by atoms with E-state index in [0.29, 0.717) is 0 Å². The van der Waals surface area contributed by atoms with Gasteiger partial charge in [-0.25, -0.2) is 0 Å². The summed E-state index contributed by atoms with van der Waals surface area (Å²) in [5.41, 5.74) is 0. The highest BCUT2D eigenvalue weighted by atomic mass is 16.5.